The highest BCUT2D eigenvalue weighted by Gasteiger charge is 2.27. The second-order valence-corrected chi connectivity index (χ2v) is 6.96. The Bertz CT molecular complexity index is 798. The molecule has 0 atom stereocenters. The lowest BCUT2D eigenvalue weighted by Crippen LogP contribution is -2.35. The van der Waals surface area contributed by atoms with E-state index in [1.165, 1.54) is 31.4 Å². The van der Waals surface area contributed by atoms with E-state index in [-0.39, 0.29) is 4.90 Å². The number of anilines is 1. The summed E-state index contributed by atoms with van der Waals surface area (Å²) in [6.07, 6.45) is 0.810. The van der Waals surface area contributed by atoms with E-state index in [0.29, 0.717) is 11.4 Å². The van der Waals surface area contributed by atoms with Crippen LogP contribution in [0.2, 0.25) is 0 Å². The highest BCUT2D eigenvalue weighted by molar-refractivity contribution is 7.92. The zero-order chi connectivity index (χ0) is 17.7. The first kappa shape index (κ1) is 17.8. The maximum atomic E-state index is 12.8. The van der Waals surface area contributed by atoms with Gasteiger partial charge >= 0.3 is 5.97 Å². The molecule has 0 saturated carbocycles. The van der Waals surface area contributed by atoms with Gasteiger partial charge in [-0.2, -0.15) is 0 Å². The summed E-state index contributed by atoms with van der Waals surface area (Å²) in [4.78, 5) is 11.2. The molecule has 0 bridgehead atoms. The van der Waals surface area contributed by atoms with Crippen molar-refractivity contribution in [1.29, 1.82) is 0 Å². The van der Waals surface area contributed by atoms with Crippen LogP contribution in [0.4, 0.5) is 5.69 Å². The molecule has 2 rings (SSSR count). The number of carboxylic acids is 1. The van der Waals surface area contributed by atoms with E-state index in [0.717, 1.165) is 16.3 Å². The van der Waals surface area contributed by atoms with E-state index in [1.54, 1.807) is 24.3 Å². The van der Waals surface area contributed by atoms with Crippen LogP contribution in [0.15, 0.2) is 53.4 Å². The number of aliphatic carboxylic acids is 1. The molecule has 0 aliphatic carbocycles. The highest BCUT2D eigenvalue weighted by Crippen LogP contribution is 2.25. The zero-order valence-electron chi connectivity index (χ0n) is 13.5. The zero-order valence-corrected chi connectivity index (χ0v) is 14.3. The molecular weight excluding hydrogens is 330 g/mol. The van der Waals surface area contributed by atoms with Crippen LogP contribution in [-0.2, 0) is 21.2 Å². The number of carbonyl (C=O) groups is 1. The van der Waals surface area contributed by atoms with E-state index >= 15 is 0 Å². The van der Waals surface area contributed by atoms with Gasteiger partial charge < -0.3 is 9.84 Å². The van der Waals surface area contributed by atoms with Crippen LogP contribution in [0, 0.1) is 0 Å². The molecule has 0 amide bonds. The normalized spacial score (nSPS) is 11.1. The van der Waals surface area contributed by atoms with Crippen molar-refractivity contribution < 1.29 is 23.1 Å². The quantitative estimate of drug-likeness (QED) is 0.830. The summed E-state index contributed by atoms with van der Waals surface area (Å²) in [5, 5.41) is 9.11. The van der Waals surface area contributed by atoms with Gasteiger partial charge in [-0.15, -0.1) is 0 Å². The van der Waals surface area contributed by atoms with Crippen LogP contribution in [-0.4, -0.2) is 33.1 Å². The molecule has 0 aliphatic rings. The first-order valence-electron chi connectivity index (χ1n) is 7.36. The predicted molar refractivity (Wildman–Crippen MR) is 91.0 cm³/mol. The Morgan fingerprint density at radius 2 is 1.67 bits per heavy atom. The molecule has 2 aromatic carbocycles. The van der Waals surface area contributed by atoms with Crippen LogP contribution in [0.3, 0.4) is 0 Å². The summed E-state index contributed by atoms with van der Waals surface area (Å²) >= 11 is 0. The molecule has 7 heteroatoms. The maximum absolute atomic E-state index is 12.8. The number of nitrogens with zero attached hydrogens (tertiary/aromatic N) is 1. The number of methoxy groups -OCH3 is 1. The number of benzene rings is 2. The minimum atomic E-state index is -4.00. The Labute approximate surface area is 141 Å². The highest BCUT2D eigenvalue weighted by atomic mass is 32.2. The molecule has 0 fully saturated rings. The van der Waals surface area contributed by atoms with Gasteiger partial charge in [0.1, 0.15) is 12.3 Å². The maximum Gasteiger partial charge on any atom is 0.324 e. The predicted octanol–water partition coefficient (Wildman–Crippen LogP) is 2.54. The van der Waals surface area contributed by atoms with Crippen molar-refractivity contribution in [2.75, 3.05) is 18.0 Å². The smallest absolute Gasteiger partial charge is 0.324 e. The number of aryl methyl sites for hydroxylation is 1. The number of carboxylic acid groups (broad SMARTS) is 1. The minimum absolute atomic E-state index is 0.00381. The standard InChI is InChI=1S/C17H19NO5S/c1-3-13-4-6-14(7-5-13)18(12-17(19)20)24(21,22)16-10-8-15(23-2)9-11-16/h4-11H,3,12H2,1-2H3,(H,19,20). The summed E-state index contributed by atoms with van der Waals surface area (Å²) in [5.74, 6) is -0.710. The number of sulfonamides is 1. The van der Waals surface area contributed by atoms with E-state index in [1.807, 2.05) is 6.92 Å². The topological polar surface area (TPSA) is 83.9 Å². The van der Waals surface area contributed by atoms with Gasteiger partial charge in [0, 0.05) is 0 Å². The molecule has 128 valence electrons. The first-order chi connectivity index (χ1) is 11.4. The van der Waals surface area contributed by atoms with Gasteiger partial charge in [-0.25, -0.2) is 8.42 Å². The largest absolute Gasteiger partial charge is 0.497 e. The summed E-state index contributed by atoms with van der Waals surface area (Å²) in [6, 6.07) is 12.6. The average Bonchev–Trinajstić information content (AvgIpc) is 2.59. The molecule has 2 aromatic rings. The van der Waals surface area contributed by atoms with Crippen molar-refractivity contribution in [3.05, 3.63) is 54.1 Å². The molecule has 24 heavy (non-hydrogen) atoms. The molecule has 0 unspecified atom stereocenters. The Morgan fingerprint density at radius 1 is 1.08 bits per heavy atom. The van der Waals surface area contributed by atoms with Crippen molar-refractivity contribution in [3.8, 4) is 5.75 Å². The van der Waals surface area contributed by atoms with Crippen molar-refractivity contribution in [3.63, 3.8) is 0 Å². The van der Waals surface area contributed by atoms with Gasteiger partial charge in [-0.3, -0.25) is 9.10 Å². The number of hydrogen-bond donors (Lipinski definition) is 1. The molecule has 0 saturated heterocycles. The molecule has 0 aliphatic heterocycles. The molecule has 0 spiro atoms. The van der Waals surface area contributed by atoms with Gasteiger partial charge in [0.15, 0.2) is 0 Å². The second kappa shape index (κ2) is 7.35. The fourth-order valence-corrected chi connectivity index (χ4v) is 3.62. The van der Waals surface area contributed by atoms with Crippen LogP contribution < -0.4 is 9.04 Å². The third kappa shape index (κ3) is 3.86. The molecule has 0 radical (unpaired) electrons. The van der Waals surface area contributed by atoms with Gasteiger partial charge in [-0.05, 0) is 48.4 Å². The summed E-state index contributed by atoms with van der Waals surface area (Å²) in [7, 11) is -2.52. The first-order valence-corrected chi connectivity index (χ1v) is 8.80. The van der Waals surface area contributed by atoms with Gasteiger partial charge in [-0.1, -0.05) is 19.1 Å². The summed E-state index contributed by atoms with van der Waals surface area (Å²) in [6.45, 7) is 1.33. The van der Waals surface area contributed by atoms with Crippen LogP contribution >= 0.6 is 0 Å². The van der Waals surface area contributed by atoms with E-state index in [4.69, 9.17) is 9.84 Å². The Morgan fingerprint density at radius 3 is 2.12 bits per heavy atom. The monoisotopic (exact) mass is 349 g/mol. The number of hydrogen-bond acceptors (Lipinski definition) is 4. The van der Waals surface area contributed by atoms with Crippen molar-refractivity contribution in [2.24, 2.45) is 0 Å². The SMILES string of the molecule is CCc1ccc(N(CC(=O)O)S(=O)(=O)c2ccc(OC)cc2)cc1. The summed E-state index contributed by atoms with van der Waals surface area (Å²) < 4.78 is 31.6. The van der Waals surface area contributed by atoms with Crippen molar-refractivity contribution in [2.45, 2.75) is 18.2 Å². The van der Waals surface area contributed by atoms with E-state index < -0.39 is 22.5 Å². The fourth-order valence-electron chi connectivity index (χ4n) is 2.21. The van der Waals surface area contributed by atoms with Crippen LogP contribution in [0.25, 0.3) is 0 Å². The third-order valence-electron chi connectivity index (χ3n) is 3.56. The fraction of sp³-hybridized carbons (Fsp3) is 0.235. The van der Waals surface area contributed by atoms with E-state index in [9.17, 15) is 13.2 Å². The Balaban J connectivity index is 2.45. The third-order valence-corrected chi connectivity index (χ3v) is 5.35. The molecule has 6 nitrogen and oxygen atoms in total. The molecule has 1 N–H and O–H groups in total. The lowest BCUT2D eigenvalue weighted by atomic mass is 10.1. The van der Waals surface area contributed by atoms with Crippen LogP contribution in [0.5, 0.6) is 5.75 Å². The van der Waals surface area contributed by atoms with Crippen molar-refractivity contribution in [1.82, 2.24) is 0 Å². The number of ether oxygens (including phenoxy) is 1. The molecule has 0 heterocycles. The number of rotatable bonds is 7. The minimum Gasteiger partial charge on any atom is -0.497 e. The molecule has 0 aromatic heterocycles. The van der Waals surface area contributed by atoms with Gasteiger partial charge in [0.05, 0.1) is 17.7 Å². The average molecular weight is 349 g/mol. The Hall–Kier alpha value is -2.54. The Kier molecular flexibility index (Phi) is 5.46. The van der Waals surface area contributed by atoms with Crippen molar-refractivity contribution >= 4 is 21.7 Å². The lowest BCUT2D eigenvalue weighted by molar-refractivity contribution is -0.135. The van der Waals surface area contributed by atoms with Gasteiger partial charge in [0.2, 0.25) is 0 Å². The van der Waals surface area contributed by atoms with Gasteiger partial charge in [0.25, 0.3) is 10.0 Å². The second-order valence-electron chi connectivity index (χ2n) is 5.10. The summed E-state index contributed by atoms with van der Waals surface area (Å²) in [5.41, 5.74) is 1.35. The van der Waals surface area contributed by atoms with E-state index in [2.05, 4.69) is 0 Å². The lowest BCUT2D eigenvalue weighted by Gasteiger charge is -2.23. The van der Waals surface area contributed by atoms with Crippen LogP contribution in [0.1, 0.15) is 12.5 Å². The molecular formula is C17H19NO5S.